The van der Waals surface area contributed by atoms with Crippen LogP contribution in [0.25, 0.3) is 0 Å². The molecule has 2 heteroatoms. The highest BCUT2D eigenvalue weighted by Crippen LogP contribution is 2.21. The zero-order valence-electron chi connectivity index (χ0n) is 6.40. The molecule has 0 aromatic rings. The first-order chi connectivity index (χ1) is 4.16. The molecule has 2 nitrogen and oxygen atoms in total. The molecule has 1 aliphatic rings. The Bertz CT molecular complexity index is 105. The standard InChI is InChI=1S/C7H15NO/c1-6-4-7(2,9-3)5-8-6/h6,8H,4-5H2,1-3H3. The summed E-state index contributed by atoms with van der Waals surface area (Å²) in [5.74, 6) is 0. The Kier molecular flexibility index (Phi) is 1.78. The second kappa shape index (κ2) is 2.27. The Hall–Kier alpha value is -0.0800. The quantitative estimate of drug-likeness (QED) is 0.564. The van der Waals surface area contributed by atoms with Crippen LogP contribution in [0.4, 0.5) is 0 Å². The minimum Gasteiger partial charge on any atom is -0.377 e. The molecule has 1 rings (SSSR count). The summed E-state index contributed by atoms with van der Waals surface area (Å²) in [6.45, 7) is 5.32. The summed E-state index contributed by atoms with van der Waals surface area (Å²) < 4.78 is 5.31. The largest absolute Gasteiger partial charge is 0.377 e. The number of rotatable bonds is 1. The predicted octanol–water partition coefficient (Wildman–Crippen LogP) is 0.773. The fourth-order valence-electron chi connectivity index (χ4n) is 1.34. The molecule has 9 heavy (non-hydrogen) atoms. The Morgan fingerprint density at radius 2 is 2.33 bits per heavy atom. The van der Waals surface area contributed by atoms with E-state index < -0.39 is 0 Å². The highest BCUT2D eigenvalue weighted by molar-refractivity contribution is 4.89. The smallest absolute Gasteiger partial charge is 0.0789 e. The summed E-state index contributed by atoms with van der Waals surface area (Å²) in [6.07, 6.45) is 1.13. The monoisotopic (exact) mass is 129 g/mol. The SMILES string of the molecule is COC1(C)CNC(C)C1. The number of ether oxygens (including phenoxy) is 1. The van der Waals surface area contributed by atoms with E-state index in [-0.39, 0.29) is 5.60 Å². The van der Waals surface area contributed by atoms with Crippen LogP contribution in [0.2, 0.25) is 0 Å². The minimum absolute atomic E-state index is 0.0966. The van der Waals surface area contributed by atoms with Gasteiger partial charge in [-0.1, -0.05) is 0 Å². The number of hydrogen-bond acceptors (Lipinski definition) is 2. The van der Waals surface area contributed by atoms with Crippen LogP contribution in [-0.4, -0.2) is 25.3 Å². The van der Waals surface area contributed by atoms with Gasteiger partial charge in [0, 0.05) is 19.7 Å². The molecular weight excluding hydrogens is 114 g/mol. The molecule has 0 aromatic heterocycles. The van der Waals surface area contributed by atoms with E-state index >= 15 is 0 Å². The van der Waals surface area contributed by atoms with E-state index in [1.807, 2.05) is 0 Å². The summed E-state index contributed by atoms with van der Waals surface area (Å²) in [5, 5.41) is 3.34. The van der Waals surface area contributed by atoms with Gasteiger partial charge in [0.15, 0.2) is 0 Å². The topological polar surface area (TPSA) is 21.3 Å². The number of methoxy groups -OCH3 is 1. The fraction of sp³-hybridized carbons (Fsp3) is 1.00. The third-order valence-corrected chi connectivity index (χ3v) is 2.06. The lowest BCUT2D eigenvalue weighted by molar-refractivity contribution is 0.0224. The molecule has 2 unspecified atom stereocenters. The Morgan fingerprint density at radius 3 is 2.56 bits per heavy atom. The molecule has 0 saturated carbocycles. The Labute approximate surface area is 56.6 Å². The zero-order valence-corrected chi connectivity index (χ0v) is 6.40. The van der Waals surface area contributed by atoms with Crippen molar-refractivity contribution in [1.82, 2.24) is 5.32 Å². The molecule has 0 aromatic carbocycles. The van der Waals surface area contributed by atoms with E-state index in [0.29, 0.717) is 6.04 Å². The van der Waals surface area contributed by atoms with E-state index in [9.17, 15) is 0 Å². The van der Waals surface area contributed by atoms with Gasteiger partial charge >= 0.3 is 0 Å². The van der Waals surface area contributed by atoms with E-state index in [1.54, 1.807) is 7.11 Å². The van der Waals surface area contributed by atoms with Gasteiger partial charge in [-0.15, -0.1) is 0 Å². The summed E-state index contributed by atoms with van der Waals surface area (Å²) in [4.78, 5) is 0. The van der Waals surface area contributed by atoms with Gasteiger partial charge < -0.3 is 10.1 Å². The lowest BCUT2D eigenvalue weighted by Crippen LogP contribution is -2.29. The average molecular weight is 129 g/mol. The highest BCUT2D eigenvalue weighted by atomic mass is 16.5. The van der Waals surface area contributed by atoms with Gasteiger partial charge in [-0.2, -0.15) is 0 Å². The molecule has 54 valence electrons. The van der Waals surface area contributed by atoms with Gasteiger partial charge in [0.2, 0.25) is 0 Å². The van der Waals surface area contributed by atoms with Crippen molar-refractivity contribution in [2.24, 2.45) is 0 Å². The summed E-state index contributed by atoms with van der Waals surface area (Å²) in [6, 6.07) is 0.620. The van der Waals surface area contributed by atoms with Gasteiger partial charge in [-0.25, -0.2) is 0 Å². The number of hydrogen-bond donors (Lipinski definition) is 1. The van der Waals surface area contributed by atoms with Crippen molar-refractivity contribution in [3.63, 3.8) is 0 Å². The van der Waals surface area contributed by atoms with Crippen LogP contribution in [0, 0.1) is 0 Å². The van der Waals surface area contributed by atoms with Crippen LogP contribution in [0.3, 0.4) is 0 Å². The molecule has 1 aliphatic heterocycles. The number of nitrogens with one attached hydrogen (secondary N) is 1. The second-order valence-corrected chi connectivity index (χ2v) is 3.14. The van der Waals surface area contributed by atoms with E-state index in [0.717, 1.165) is 13.0 Å². The maximum Gasteiger partial charge on any atom is 0.0789 e. The van der Waals surface area contributed by atoms with Crippen LogP contribution in [0.5, 0.6) is 0 Å². The second-order valence-electron chi connectivity index (χ2n) is 3.14. The predicted molar refractivity (Wildman–Crippen MR) is 37.5 cm³/mol. The van der Waals surface area contributed by atoms with Crippen molar-refractivity contribution in [3.05, 3.63) is 0 Å². The van der Waals surface area contributed by atoms with Crippen molar-refractivity contribution in [2.75, 3.05) is 13.7 Å². The Balaban J connectivity index is 2.45. The molecule has 1 saturated heterocycles. The van der Waals surface area contributed by atoms with Crippen LogP contribution < -0.4 is 5.32 Å². The molecule has 0 aliphatic carbocycles. The first-order valence-electron chi connectivity index (χ1n) is 3.45. The lowest BCUT2D eigenvalue weighted by Gasteiger charge is -2.20. The van der Waals surface area contributed by atoms with Crippen LogP contribution in [0.1, 0.15) is 20.3 Å². The van der Waals surface area contributed by atoms with Crippen LogP contribution in [-0.2, 0) is 4.74 Å². The summed E-state index contributed by atoms with van der Waals surface area (Å²) in [7, 11) is 1.78. The van der Waals surface area contributed by atoms with Crippen molar-refractivity contribution < 1.29 is 4.74 Å². The maximum absolute atomic E-state index is 5.31. The van der Waals surface area contributed by atoms with Crippen LogP contribution in [0.15, 0.2) is 0 Å². The van der Waals surface area contributed by atoms with Crippen LogP contribution >= 0.6 is 0 Å². The molecule has 0 bridgehead atoms. The molecule has 0 radical (unpaired) electrons. The van der Waals surface area contributed by atoms with Crippen molar-refractivity contribution in [3.8, 4) is 0 Å². The van der Waals surface area contributed by atoms with Gasteiger partial charge in [-0.3, -0.25) is 0 Å². The third kappa shape index (κ3) is 1.43. The van der Waals surface area contributed by atoms with Gasteiger partial charge in [0.25, 0.3) is 0 Å². The van der Waals surface area contributed by atoms with E-state index in [1.165, 1.54) is 0 Å². The third-order valence-electron chi connectivity index (χ3n) is 2.06. The summed E-state index contributed by atoms with van der Waals surface area (Å²) in [5.41, 5.74) is 0.0966. The van der Waals surface area contributed by atoms with Gasteiger partial charge in [0.05, 0.1) is 5.60 Å². The summed E-state index contributed by atoms with van der Waals surface area (Å²) >= 11 is 0. The van der Waals surface area contributed by atoms with Gasteiger partial charge in [-0.05, 0) is 20.3 Å². The molecule has 2 atom stereocenters. The van der Waals surface area contributed by atoms with E-state index in [2.05, 4.69) is 19.2 Å². The maximum atomic E-state index is 5.31. The molecule has 1 N–H and O–H groups in total. The molecular formula is C7H15NO. The zero-order chi connectivity index (χ0) is 6.91. The molecule has 0 spiro atoms. The lowest BCUT2D eigenvalue weighted by atomic mass is 10.0. The van der Waals surface area contributed by atoms with E-state index in [4.69, 9.17) is 4.74 Å². The minimum atomic E-state index is 0.0966. The van der Waals surface area contributed by atoms with Crippen molar-refractivity contribution in [2.45, 2.75) is 31.9 Å². The molecule has 1 heterocycles. The first kappa shape index (κ1) is 7.03. The van der Waals surface area contributed by atoms with Gasteiger partial charge in [0.1, 0.15) is 0 Å². The first-order valence-corrected chi connectivity index (χ1v) is 3.45. The molecule has 0 amide bonds. The Morgan fingerprint density at radius 1 is 1.67 bits per heavy atom. The normalized spacial score (nSPS) is 43.7. The molecule has 1 fully saturated rings. The average Bonchev–Trinajstić information content (AvgIpc) is 2.13. The van der Waals surface area contributed by atoms with Crippen molar-refractivity contribution >= 4 is 0 Å². The fourth-order valence-corrected chi connectivity index (χ4v) is 1.34. The van der Waals surface area contributed by atoms with Crippen molar-refractivity contribution in [1.29, 1.82) is 0 Å². The highest BCUT2D eigenvalue weighted by Gasteiger charge is 2.31.